The summed E-state index contributed by atoms with van der Waals surface area (Å²) in [4.78, 5) is 16.2. The average Bonchev–Trinajstić information content (AvgIpc) is 3.07. The van der Waals surface area contributed by atoms with Crippen molar-refractivity contribution >= 4 is 28.0 Å². The molecule has 88 valence electrons. The van der Waals surface area contributed by atoms with Crippen LogP contribution in [0.1, 0.15) is 22.5 Å². The highest BCUT2D eigenvalue weighted by molar-refractivity contribution is 7.13. The lowest BCUT2D eigenvalue weighted by atomic mass is 10.1. The Morgan fingerprint density at radius 3 is 2.94 bits per heavy atom. The third-order valence-electron chi connectivity index (χ3n) is 3.59. The Kier molecular flexibility index (Phi) is 2.00. The second kappa shape index (κ2) is 3.56. The van der Waals surface area contributed by atoms with E-state index >= 15 is 0 Å². The van der Waals surface area contributed by atoms with E-state index in [1.807, 2.05) is 0 Å². The Bertz CT molecular complexity index is 752. The van der Waals surface area contributed by atoms with Crippen LogP contribution in [0.25, 0.3) is 21.3 Å². The molecule has 2 heterocycles. The zero-order valence-electron chi connectivity index (χ0n) is 9.69. The fourth-order valence-electron chi connectivity index (χ4n) is 2.70. The van der Waals surface area contributed by atoms with Gasteiger partial charge in [0.15, 0.2) is 5.78 Å². The second-order valence-electron chi connectivity index (χ2n) is 4.64. The first-order chi connectivity index (χ1) is 8.83. The van der Waals surface area contributed by atoms with Crippen LogP contribution >= 0.6 is 11.3 Å². The van der Waals surface area contributed by atoms with Gasteiger partial charge in [-0.25, -0.2) is 0 Å². The summed E-state index contributed by atoms with van der Waals surface area (Å²) in [5.41, 5.74) is 4.34. The summed E-state index contributed by atoms with van der Waals surface area (Å²) < 4.78 is 0. The number of aromatic nitrogens is 1. The molecular formula is C15H11NOS. The van der Waals surface area contributed by atoms with Crippen molar-refractivity contribution in [2.45, 2.75) is 12.8 Å². The van der Waals surface area contributed by atoms with Crippen LogP contribution < -0.4 is 0 Å². The highest BCUT2D eigenvalue weighted by Crippen LogP contribution is 2.34. The van der Waals surface area contributed by atoms with E-state index < -0.39 is 0 Å². The molecule has 0 saturated carbocycles. The van der Waals surface area contributed by atoms with Gasteiger partial charge in [0.1, 0.15) is 0 Å². The molecule has 0 atom stereocenters. The van der Waals surface area contributed by atoms with Crippen molar-refractivity contribution in [1.29, 1.82) is 0 Å². The minimum Gasteiger partial charge on any atom is -0.352 e. The fraction of sp³-hybridized carbons (Fsp3) is 0.133. The third-order valence-corrected chi connectivity index (χ3v) is 4.51. The first-order valence-electron chi connectivity index (χ1n) is 6.04. The number of aryl methyl sites for hydroxylation is 1. The molecule has 3 heteroatoms. The van der Waals surface area contributed by atoms with Crippen LogP contribution in [-0.2, 0) is 6.42 Å². The number of Topliss-reactive ketones (excluding diaryl/α,β-unsaturated/α-hetero) is 1. The van der Waals surface area contributed by atoms with Crippen LogP contribution in [0.4, 0.5) is 0 Å². The topological polar surface area (TPSA) is 32.9 Å². The molecule has 0 amide bonds. The molecule has 2 nitrogen and oxygen atoms in total. The molecule has 1 aromatic carbocycles. The Hall–Kier alpha value is -1.87. The molecule has 3 aromatic rings. The van der Waals surface area contributed by atoms with E-state index in [1.165, 1.54) is 21.4 Å². The van der Waals surface area contributed by atoms with E-state index in [9.17, 15) is 4.79 Å². The minimum atomic E-state index is 0.249. The van der Waals surface area contributed by atoms with Gasteiger partial charge in [-0.3, -0.25) is 4.79 Å². The predicted molar refractivity (Wildman–Crippen MR) is 74.3 cm³/mol. The van der Waals surface area contributed by atoms with Crippen LogP contribution in [0, 0.1) is 0 Å². The Labute approximate surface area is 108 Å². The van der Waals surface area contributed by atoms with Crippen LogP contribution in [0.15, 0.2) is 35.7 Å². The standard InChI is InChI=1S/C15H11NOS/c17-13-6-4-10-11-8-9(14-2-1-7-18-14)3-5-12(11)16-15(10)13/h1-3,5,7-8,16H,4,6H2. The summed E-state index contributed by atoms with van der Waals surface area (Å²) in [6, 6.07) is 10.6. The van der Waals surface area contributed by atoms with Crippen molar-refractivity contribution in [1.82, 2.24) is 4.98 Å². The summed E-state index contributed by atoms with van der Waals surface area (Å²) in [6.45, 7) is 0. The summed E-state index contributed by atoms with van der Waals surface area (Å²) >= 11 is 1.74. The number of H-pyrrole nitrogens is 1. The number of carbonyl (C=O) groups is 1. The molecule has 0 saturated heterocycles. The zero-order chi connectivity index (χ0) is 12.1. The summed E-state index contributed by atoms with van der Waals surface area (Å²) in [5.74, 6) is 0.249. The Morgan fingerprint density at radius 1 is 1.17 bits per heavy atom. The quantitative estimate of drug-likeness (QED) is 0.698. The van der Waals surface area contributed by atoms with Crippen LogP contribution in [-0.4, -0.2) is 10.8 Å². The van der Waals surface area contributed by atoms with Crippen molar-refractivity contribution < 1.29 is 4.79 Å². The Morgan fingerprint density at radius 2 is 2.11 bits per heavy atom. The van der Waals surface area contributed by atoms with Gasteiger partial charge in [-0.1, -0.05) is 12.1 Å². The van der Waals surface area contributed by atoms with Gasteiger partial charge in [0, 0.05) is 22.2 Å². The summed E-state index contributed by atoms with van der Waals surface area (Å²) in [6.07, 6.45) is 1.53. The second-order valence-corrected chi connectivity index (χ2v) is 5.59. The van der Waals surface area contributed by atoms with E-state index in [4.69, 9.17) is 0 Å². The van der Waals surface area contributed by atoms with Crippen molar-refractivity contribution in [3.05, 3.63) is 47.0 Å². The molecule has 0 unspecified atom stereocenters. The SMILES string of the molecule is O=C1CCc2c1[nH]c1ccc(-c3cccs3)cc21. The molecule has 0 bridgehead atoms. The van der Waals surface area contributed by atoms with Gasteiger partial charge < -0.3 is 4.98 Å². The van der Waals surface area contributed by atoms with Gasteiger partial charge in [-0.15, -0.1) is 11.3 Å². The maximum Gasteiger partial charge on any atom is 0.179 e. The number of nitrogens with one attached hydrogen (secondary N) is 1. The number of hydrogen-bond acceptors (Lipinski definition) is 2. The molecule has 0 spiro atoms. The van der Waals surface area contributed by atoms with E-state index in [0.29, 0.717) is 6.42 Å². The van der Waals surface area contributed by atoms with E-state index in [0.717, 1.165) is 17.6 Å². The normalized spacial score (nSPS) is 14.3. The largest absolute Gasteiger partial charge is 0.352 e. The molecule has 1 aliphatic rings. The zero-order valence-corrected chi connectivity index (χ0v) is 10.5. The molecule has 0 fully saturated rings. The molecule has 2 aromatic heterocycles. The summed E-state index contributed by atoms with van der Waals surface area (Å²) in [5, 5.41) is 3.30. The van der Waals surface area contributed by atoms with Crippen molar-refractivity contribution in [3.8, 4) is 10.4 Å². The fourth-order valence-corrected chi connectivity index (χ4v) is 3.43. The number of benzene rings is 1. The lowest BCUT2D eigenvalue weighted by Crippen LogP contribution is -1.90. The molecule has 1 N–H and O–H groups in total. The van der Waals surface area contributed by atoms with Crippen LogP contribution in [0.5, 0.6) is 0 Å². The number of fused-ring (bicyclic) bond motifs is 3. The lowest BCUT2D eigenvalue weighted by Gasteiger charge is -1.99. The van der Waals surface area contributed by atoms with Gasteiger partial charge in [-0.05, 0) is 41.1 Å². The highest BCUT2D eigenvalue weighted by atomic mass is 32.1. The minimum absolute atomic E-state index is 0.249. The Balaban J connectivity index is 1.98. The van der Waals surface area contributed by atoms with Gasteiger partial charge in [0.05, 0.1) is 5.69 Å². The molecule has 4 rings (SSSR count). The van der Waals surface area contributed by atoms with Crippen molar-refractivity contribution in [2.75, 3.05) is 0 Å². The van der Waals surface area contributed by atoms with E-state index in [-0.39, 0.29) is 5.78 Å². The molecule has 0 aliphatic heterocycles. The smallest absolute Gasteiger partial charge is 0.179 e. The third kappa shape index (κ3) is 1.31. The lowest BCUT2D eigenvalue weighted by molar-refractivity contribution is 0.0991. The van der Waals surface area contributed by atoms with Crippen molar-refractivity contribution in [2.24, 2.45) is 0 Å². The van der Waals surface area contributed by atoms with Crippen molar-refractivity contribution in [3.63, 3.8) is 0 Å². The van der Waals surface area contributed by atoms with Gasteiger partial charge in [-0.2, -0.15) is 0 Å². The number of thiophene rings is 1. The number of rotatable bonds is 1. The highest BCUT2D eigenvalue weighted by Gasteiger charge is 2.24. The van der Waals surface area contributed by atoms with Crippen LogP contribution in [0.3, 0.4) is 0 Å². The van der Waals surface area contributed by atoms with E-state index in [1.54, 1.807) is 11.3 Å². The van der Waals surface area contributed by atoms with Crippen LogP contribution in [0.2, 0.25) is 0 Å². The summed E-state index contributed by atoms with van der Waals surface area (Å²) in [7, 11) is 0. The number of carbonyl (C=O) groups excluding carboxylic acids is 1. The number of ketones is 1. The van der Waals surface area contributed by atoms with Gasteiger partial charge in [0.2, 0.25) is 0 Å². The number of aromatic amines is 1. The molecular weight excluding hydrogens is 242 g/mol. The maximum atomic E-state index is 11.7. The molecule has 18 heavy (non-hydrogen) atoms. The van der Waals surface area contributed by atoms with Gasteiger partial charge >= 0.3 is 0 Å². The average molecular weight is 253 g/mol. The van der Waals surface area contributed by atoms with Gasteiger partial charge in [0.25, 0.3) is 0 Å². The maximum absolute atomic E-state index is 11.7. The predicted octanol–water partition coefficient (Wildman–Crippen LogP) is 4.03. The first-order valence-corrected chi connectivity index (χ1v) is 6.92. The van der Waals surface area contributed by atoms with E-state index in [2.05, 4.69) is 40.7 Å². The molecule has 1 aliphatic carbocycles. The first kappa shape index (κ1) is 10.1. The monoisotopic (exact) mass is 253 g/mol. The molecule has 0 radical (unpaired) electrons. The number of hydrogen-bond donors (Lipinski definition) is 1.